The van der Waals surface area contributed by atoms with Gasteiger partial charge in [-0.2, -0.15) is 11.3 Å². The molecule has 0 N–H and O–H groups in total. The summed E-state index contributed by atoms with van der Waals surface area (Å²) in [4.78, 5) is 16.9. The van der Waals surface area contributed by atoms with E-state index in [9.17, 15) is 4.79 Å². The van der Waals surface area contributed by atoms with Crippen LogP contribution in [0.1, 0.15) is 11.3 Å². The molecule has 0 unspecified atom stereocenters. The average Bonchev–Trinajstić information content (AvgIpc) is 3.29. The second-order valence-electron chi connectivity index (χ2n) is 6.59. The predicted molar refractivity (Wildman–Crippen MR) is 91.8 cm³/mol. The Bertz CT molecular complexity index is 656. The van der Waals surface area contributed by atoms with Crippen molar-refractivity contribution in [2.75, 3.05) is 32.8 Å². The topological polar surface area (TPSA) is 45.9 Å². The molecule has 2 aliphatic rings. The van der Waals surface area contributed by atoms with Gasteiger partial charge in [-0.1, -0.05) is 0 Å². The van der Waals surface area contributed by atoms with Crippen LogP contribution in [-0.4, -0.2) is 54.6 Å². The van der Waals surface area contributed by atoms with Crippen molar-refractivity contribution in [2.45, 2.75) is 19.1 Å². The number of hydrogen-bond donors (Lipinski definition) is 0. The van der Waals surface area contributed by atoms with Crippen LogP contribution >= 0.6 is 11.3 Å². The van der Waals surface area contributed by atoms with Crippen molar-refractivity contribution in [1.82, 2.24) is 9.80 Å². The molecule has 0 radical (unpaired) electrons. The maximum Gasteiger partial charge on any atom is 0.227 e. The lowest BCUT2D eigenvalue weighted by atomic mass is 10.1. The van der Waals surface area contributed by atoms with E-state index in [1.165, 1.54) is 0 Å². The monoisotopic (exact) mass is 346 g/mol. The Hall–Kier alpha value is -1.63. The van der Waals surface area contributed by atoms with Crippen LogP contribution in [0.4, 0.5) is 0 Å². The van der Waals surface area contributed by atoms with Crippen molar-refractivity contribution in [3.63, 3.8) is 0 Å². The van der Waals surface area contributed by atoms with Gasteiger partial charge in [-0.3, -0.25) is 9.69 Å². The first-order valence-corrected chi connectivity index (χ1v) is 9.37. The summed E-state index contributed by atoms with van der Waals surface area (Å²) in [7, 11) is 0. The smallest absolute Gasteiger partial charge is 0.227 e. The standard InChI is InChI=1S/C18H22N2O3S/c21-18(8-14-3-7-24-13-14)20-10-15-9-19(4-6-23-17(15)12-20)11-16-2-1-5-22-16/h1-3,5,7,13,15,17H,4,6,8-12H2/t15-,17+/m0/s1. The predicted octanol–water partition coefficient (Wildman–Crippen LogP) is 2.24. The highest BCUT2D eigenvalue weighted by molar-refractivity contribution is 7.07. The molecule has 128 valence electrons. The average molecular weight is 346 g/mol. The largest absolute Gasteiger partial charge is 0.468 e. The van der Waals surface area contributed by atoms with Crippen LogP contribution < -0.4 is 0 Å². The number of amides is 1. The fraction of sp³-hybridized carbons (Fsp3) is 0.500. The molecule has 6 heteroatoms. The molecule has 0 saturated carbocycles. The normalized spacial score (nSPS) is 24.8. The molecule has 5 nitrogen and oxygen atoms in total. The number of fused-ring (bicyclic) bond motifs is 1. The minimum Gasteiger partial charge on any atom is -0.468 e. The summed E-state index contributed by atoms with van der Waals surface area (Å²) in [6, 6.07) is 5.96. The Labute approximate surface area is 145 Å². The van der Waals surface area contributed by atoms with Gasteiger partial charge in [0.05, 0.1) is 31.9 Å². The number of furan rings is 1. The molecule has 2 aromatic rings. The highest BCUT2D eigenvalue weighted by atomic mass is 32.1. The first kappa shape index (κ1) is 15.9. The Balaban J connectivity index is 1.36. The molecule has 4 rings (SSSR count). The van der Waals surface area contributed by atoms with E-state index in [4.69, 9.17) is 9.15 Å². The van der Waals surface area contributed by atoms with Crippen LogP contribution in [0.25, 0.3) is 0 Å². The minimum absolute atomic E-state index is 0.165. The summed E-state index contributed by atoms with van der Waals surface area (Å²) in [5.74, 6) is 1.58. The van der Waals surface area contributed by atoms with Gasteiger partial charge in [0.15, 0.2) is 0 Å². The van der Waals surface area contributed by atoms with E-state index in [0.717, 1.165) is 44.0 Å². The van der Waals surface area contributed by atoms with Gasteiger partial charge in [0, 0.05) is 32.1 Å². The van der Waals surface area contributed by atoms with Crippen molar-refractivity contribution in [1.29, 1.82) is 0 Å². The van der Waals surface area contributed by atoms with Gasteiger partial charge in [-0.25, -0.2) is 0 Å². The third kappa shape index (κ3) is 3.55. The Morgan fingerprint density at radius 2 is 2.25 bits per heavy atom. The van der Waals surface area contributed by atoms with E-state index in [0.29, 0.717) is 18.9 Å². The van der Waals surface area contributed by atoms with Crippen LogP contribution in [-0.2, 0) is 22.5 Å². The Morgan fingerprint density at radius 1 is 1.29 bits per heavy atom. The van der Waals surface area contributed by atoms with E-state index < -0.39 is 0 Å². The van der Waals surface area contributed by atoms with Gasteiger partial charge in [0.1, 0.15) is 5.76 Å². The van der Waals surface area contributed by atoms with Gasteiger partial charge >= 0.3 is 0 Å². The van der Waals surface area contributed by atoms with Crippen LogP contribution in [0.2, 0.25) is 0 Å². The SMILES string of the molecule is O=C(Cc1ccsc1)N1C[C@@H]2CN(Cc3ccco3)CCO[C@@H]2C1. The van der Waals surface area contributed by atoms with E-state index in [1.807, 2.05) is 33.9 Å². The zero-order valence-corrected chi connectivity index (χ0v) is 14.4. The summed E-state index contributed by atoms with van der Waals surface area (Å²) in [5.41, 5.74) is 1.11. The second kappa shape index (κ2) is 7.09. The molecular weight excluding hydrogens is 324 g/mol. The van der Waals surface area contributed by atoms with Crippen molar-refractivity contribution < 1.29 is 13.9 Å². The fourth-order valence-corrected chi connectivity index (χ4v) is 4.28. The van der Waals surface area contributed by atoms with Gasteiger partial charge in [-0.05, 0) is 34.5 Å². The molecule has 0 bridgehead atoms. The van der Waals surface area contributed by atoms with E-state index in [2.05, 4.69) is 4.90 Å². The summed E-state index contributed by atoms with van der Waals surface area (Å²) in [6.07, 6.45) is 2.38. The molecule has 2 aliphatic heterocycles. The molecular formula is C18H22N2O3S. The third-order valence-electron chi connectivity index (χ3n) is 4.86. The Kier molecular flexibility index (Phi) is 4.69. The summed E-state index contributed by atoms with van der Waals surface area (Å²) >= 11 is 1.64. The van der Waals surface area contributed by atoms with E-state index in [1.54, 1.807) is 17.6 Å². The number of rotatable bonds is 4. The number of hydrogen-bond acceptors (Lipinski definition) is 5. The van der Waals surface area contributed by atoms with Gasteiger partial charge in [0.25, 0.3) is 0 Å². The maximum atomic E-state index is 12.5. The molecule has 24 heavy (non-hydrogen) atoms. The molecule has 0 aromatic carbocycles. The van der Waals surface area contributed by atoms with Gasteiger partial charge in [-0.15, -0.1) is 0 Å². The quantitative estimate of drug-likeness (QED) is 0.852. The second-order valence-corrected chi connectivity index (χ2v) is 7.37. The molecule has 2 aromatic heterocycles. The molecule has 0 spiro atoms. The minimum atomic E-state index is 0.165. The van der Waals surface area contributed by atoms with Crippen molar-refractivity contribution in [2.24, 2.45) is 5.92 Å². The molecule has 2 atom stereocenters. The first-order chi connectivity index (χ1) is 11.8. The van der Waals surface area contributed by atoms with Crippen molar-refractivity contribution in [3.8, 4) is 0 Å². The fourth-order valence-electron chi connectivity index (χ4n) is 3.61. The molecule has 4 heterocycles. The molecule has 2 fully saturated rings. The van der Waals surface area contributed by atoms with Crippen LogP contribution in [0.15, 0.2) is 39.6 Å². The summed E-state index contributed by atoms with van der Waals surface area (Å²) < 4.78 is 11.5. The van der Waals surface area contributed by atoms with E-state index in [-0.39, 0.29) is 12.0 Å². The lowest BCUT2D eigenvalue weighted by molar-refractivity contribution is -0.130. The first-order valence-electron chi connectivity index (χ1n) is 8.43. The number of ether oxygens (including phenoxy) is 1. The van der Waals surface area contributed by atoms with Crippen molar-refractivity contribution >= 4 is 17.2 Å². The molecule has 0 aliphatic carbocycles. The van der Waals surface area contributed by atoms with Crippen molar-refractivity contribution in [3.05, 3.63) is 46.5 Å². The Morgan fingerprint density at radius 3 is 3.04 bits per heavy atom. The molecule has 1 amide bonds. The number of carbonyl (C=O) groups excluding carboxylic acids is 1. The zero-order valence-electron chi connectivity index (χ0n) is 13.6. The number of nitrogens with zero attached hydrogens (tertiary/aromatic N) is 2. The van der Waals surface area contributed by atoms with Gasteiger partial charge < -0.3 is 14.1 Å². The summed E-state index contributed by atoms with van der Waals surface area (Å²) in [5, 5.41) is 4.07. The third-order valence-corrected chi connectivity index (χ3v) is 5.59. The molecule has 2 saturated heterocycles. The maximum absolute atomic E-state index is 12.5. The number of thiophene rings is 1. The number of likely N-dealkylation sites (tertiary alicyclic amines) is 1. The highest BCUT2D eigenvalue weighted by Crippen LogP contribution is 2.25. The number of carbonyl (C=O) groups is 1. The van der Waals surface area contributed by atoms with Gasteiger partial charge in [0.2, 0.25) is 5.91 Å². The van der Waals surface area contributed by atoms with Crippen LogP contribution in [0.3, 0.4) is 0 Å². The van der Waals surface area contributed by atoms with Crippen LogP contribution in [0, 0.1) is 5.92 Å². The van der Waals surface area contributed by atoms with Crippen LogP contribution in [0.5, 0.6) is 0 Å². The van der Waals surface area contributed by atoms with E-state index >= 15 is 0 Å². The summed E-state index contributed by atoms with van der Waals surface area (Å²) in [6.45, 7) is 4.91. The highest BCUT2D eigenvalue weighted by Gasteiger charge is 2.38. The lowest BCUT2D eigenvalue weighted by Crippen LogP contribution is -2.34. The lowest BCUT2D eigenvalue weighted by Gasteiger charge is -2.22. The zero-order chi connectivity index (χ0) is 16.4.